The zero-order valence-electron chi connectivity index (χ0n) is 10.7. The van der Waals surface area contributed by atoms with Crippen molar-refractivity contribution in [2.45, 2.75) is 32.7 Å². The van der Waals surface area contributed by atoms with Gasteiger partial charge in [0.25, 0.3) is 0 Å². The number of rotatable bonds is 2. The molecule has 0 saturated carbocycles. The van der Waals surface area contributed by atoms with E-state index < -0.39 is 0 Å². The van der Waals surface area contributed by atoms with E-state index in [1.807, 2.05) is 0 Å². The van der Waals surface area contributed by atoms with Crippen molar-refractivity contribution < 1.29 is 5.21 Å². The molecule has 1 aliphatic heterocycles. The zero-order chi connectivity index (χ0) is 13.1. The molecule has 2 heterocycles. The first-order chi connectivity index (χ1) is 8.61. The maximum absolute atomic E-state index is 8.57. The fraction of sp³-hybridized carbons (Fsp3) is 0.583. The molecule has 18 heavy (non-hydrogen) atoms. The van der Waals surface area contributed by atoms with Crippen molar-refractivity contribution in [3.63, 3.8) is 0 Å². The summed E-state index contributed by atoms with van der Waals surface area (Å²) in [5, 5.41) is 11.5. The minimum atomic E-state index is -0.0193. The minimum absolute atomic E-state index is 0.0193. The van der Waals surface area contributed by atoms with E-state index >= 15 is 0 Å². The van der Waals surface area contributed by atoms with Gasteiger partial charge < -0.3 is 15.8 Å². The van der Waals surface area contributed by atoms with E-state index in [0.29, 0.717) is 17.7 Å². The summed E-state index contributed by atoms with van der Waals surface area (Å²) in [6.07, 6.45) is 5.65. The summed E-state index contributed by atoms with van der Waals surface area (Å²) >= 11 is 0. The number of aromatic nitrogens is 2. The first kappa shape index (κ1) is 12.6. The normalized spacial score (nSPS) is 25.2. The van der Waals surface area contributed by atoms with Crippen LogP contribution in [0.5, 0.6) is 0 Å². The SMILES string of the molecule is CC1CCC(C)N(c2cnc(C(N)=NO)cn2)C1. The Morgan fingerprint density at radius 3 is 2.78 bits per heavy atom. The molecule has 1 fully saturated rings. The molecule has 0 radical (unpaired) electrons. The molecule has 2 rings (SSSR count). The van der Waals surface area contributed by atoms with Gasteiger partial charge in [0.1, 0.15) is 11.5 Å². The average Bonchev–Trinajstić information content (AvgIpc) is 2.41. The molecule has 1 saturated heterocycles. The van der Waals surface area contributed by atoms with Crippen LogP contribution in [0, 0.1) is 5.92 Å². The topological polar surface area (TPSA) is 87.6 Å². The quantitative estimate of drug-likeness (QED) is 0.356. The largest absolute Gasteiger partial charge is 0.409 e. The van der Waals surface area contributed by atoms with Crippen molar-refractivity contribution in [2.24, 2.45) is 16.8 Å². The van der Waals surface area contributed by atoms with Crippen LogP contribution in [0.2, 0.25) is 0 Å². The van der Waals surface area contributed by atoms with Crippen LogP contribution in [0.25, 0.3) is 0 Å². The van der Waals surface area contributed by atoms with E-state index in [2.05, 4.69) is 33.9 Å². The average molecular weight is 249 g/mol. The summed E-state index contributed by atoms with van der Waals surface area (Å²) in [4.78, 5) is 10.8. The molecule has 0 amide bonds. The Balaban J connectivity index is 2.18. The van der Waals surface area contributed by atoms with Gasteiger partial charge in [-0.15, -0.1) is 0 Å². The molecule has 1 aliphatic rings. The van der Waals surface area contributed by atoms with E-state index in [9.17, 15) is 0 Å². The van der Waals surface area contributed by atoms with E-state index in [0.717, 1.165) is 12.4 Å². The second kappa shape index (κ2) is 5.20. The molecule has 0 aliphatic carbocycles. The molecular formula is C12H19N5O. The van der Waals surface area contributed by atoms with Crippen molar-refractivity contribution in [3.8, 4) is 0 Å². The highest BCUT2D eigenvalue weighted by molar-refractivity contribution is 5.94. The summed E-state index contributed by atoms with van der Waals surface area (Å²) in [5.74, 6) is 1.50. The van der Waals surface area contributed by atoms with Gasteiger partial charge in [0.15, 0.2) is 5.84 Å². The van der Waals surface area contributed by atoms with E-state index in [1.165, 1.54) is 19.0 Å². The summed E-state index contributed by atoms with van der Waals surface area (Å²) in [7, 11) is 0. The number of amidine groups is 1. The molecule has 98 valence electrons. The lowest BCUT2D eigenvalue weighted by atomic mass is 9.95. The first-order valence-corrected chi connectivity index (χ1v) is 6.18. The molecule has 1 aromatic heterocycles. The second-order valence-corrected chi connectivity index (χ2v) is 4.93. The lowest BCUT2D eigenvalue weighted by Crippen LogP contribution is -2.41. The highest BCUT2D eigenvalue weighted by atomic mass is 16.4. The van der Waals surface area contributed by atoms with Crippen LogP contribution in [0.15, 0.2) is 17.5 Å². The third-order valence-corrected chi connectivity index (χ3v) is 3.42. The molecule has 2 atom stereocenters. The predicted octanol–water partition coefficient (Wildman–Crippen LogP) is 1.20. The van der Waals surface area contributed by atoms with Gasteiger partial charge in [-0.25, -0.2) is 9.97 Å². The minimum Gasteiger partial charge on any atom is -0.409 e. The molecule has 1 aromatic rings. The summed E-state index contributed by atoms with van der Waals surface area (Å²) in [6, 6.07) is 0.477. The molecule has 6 heteroatoms. The molecule has 6 nitrogen and oxygen atoms in total. The van der Waals surface area contributed by atoms with Crippen molar-refractivity contribution >= 4 is 11.7 Å². The van der Waals surface area contributed by atoms with Gasteiger partial charge in [-0.05, 0) is 25.7 Å². The lowest BCUT2D eigenvalue weighted by Gasteiger charge is -2.37. The lowest BCUT2D eigenvalue weighted by molar-refractivity contribution is 0.318. The smallest absolute Gasteiger partial charge is 0.190 e. The van der Waals surface area contributed by atoms with E-state index in [4.69, 9.17) is 10.9 Å². The van der Waals surface area contributed by atoms with Crippen molar-refractivity contribution in [2.75, 3.05) is 11.4 Å². The molecule has 3 N–H and O–H groups in total. The summed E-state index contributed by atoms with van der Waals surface area (Å²) in [6.45, 7) is 5.45. The van der Waals surface area contributed by atoms with Crippen molar-refractivity contribution in [1.82, 2.24) is 9.97 Å². The molecule has 0 bridgehead atoms. The highest BCUT2D eigenvalue weighted by Crippen LogP contribution is 2.25. The Morgan fingerprint density at radius 1 is 1.39 bits per heavy atom. The highest BCUT2D eigenvalue weighted by Gasteiger charge is 2.24. The number of nitrogens with zero attached hydrogens (tertiary/aromatic N) is 4. The summed E-state index contributed by atoms with van der Waals surface area (Å²) in [5.41, 5.74) is 5.84. The number of oxime groups is 1. The van der Waals surface area contributed by atoms with Crippen LogP contribution >= 0.6 is 0 Å². The third-order valence-electron chi connectivity index (χ3n) is 3.42. The maximum atomic E-state index is 8.57. The Hall–Kier alpha value is -1.85. The fourth-order valence-electron chi connectivity index (χ4n) is 2.26. The van der Waals surface area contributed by atoms with Gasteiger partial charge in [-0.3, -0.25) is 0 Å². The number of hydrogen-bond acceptors (Lipinski definition) is 5. The number of piperidine rings is 1. The summed E-state index contributed by atoms with van der Waals surface area (Å²) < 4.78 is 0. The Bertz CT molecular complexity index is 431. The van der Waals surface area contributed by atoms with Crippen LogP contribution in [0.1, 0.15) is 32.4 Å². The van der Waals surface area contributed by atoms with Crippen LogP contribution in [-0.4, -0.2) is 33.6 Å². The Kier molecular flexibility index (Phi) is 3.64. The Morgan fingerprint density at radius 2 is 2.17 bits per heavy atom. The van der Waals surface area contributed by atoms with Gasteiger partial charge in [-0.2, -0.15) is 0 Å². The monoisotopic (exact) mass is 249 g/mol. The third kappa shape index (κ3) is 2.52. The van der Waals surface area contributed by atoms with Crippen LogP contribution in [-0.2, 0) is 0 Å². The number of nitrogens with two attached hydrogens (primary N) is 1. The van der Waals surface area contributed by atoms with Crippen molar-refractivity contribution in [3.05, 3.63) is 18.1 Å². The van der Waals surface area contributed by atoms with Gasteiger partial charge >= 0.3 is 0 Å². The van der Waals surface area contributed by atoms with Crippen LogP contribution in [0.3, 0.4) is 0 Å². The Labute approximate surface area is 107 Å². The molecular weight excluding hydrogens is 230 g/mol. The van der Waals surface area contributed by atoms with Crippen LogP contribution < -0.4 is 10.6 Å². The zero-order valence-corrected chi connectivity index (χ0v) is 10.7. The van der Waals surface area contributed by atoms with Gasteiger partial charge in [0.2, 0.25) is 0 Å². The van der Waals surface area contributed by atoms with Gasteiger partial charge in [0, 0.05) is 12.6 Å². The van der Waals surface area contributed by atoms with Crippen LogP contribution in [0.4, 0.5) is 5.82 Å². The number of hydrogen-bond donors (Lipinski definition) is 2. The predicted molar refractivity (Wildman–Crippen MR) is 69.7 cm³/mol. The van der Waals surface area contributed by atoms with Crippen molar-refractivity contribution in [1.29, 1.82) is 0 Å². The van der Waals surface area contributed by atoms with Gasteiger partial charge in [0.05, 0.1) is 12.4 Å². The second-order valence-electron chi connectivity index (χ2n) is 4.93. The molecule has 2 unspecified atom stereocenters. The standard InChI is InChI=1S/C12H19N5O/c1-8-3-4-9(2)17(7-8)11-6-14-10(5-15-11)12(13)16-18/h5-6,8-9,18H,3-4,7H2,1-2H3,(H2,13,16). The van der Waals surface area contributed by atoms with E-state index in [-0.39, 0.29) is 5.84 Å². The first-order valence-electron chi connectivity index (χ1n) is 6.18. The fourth-order valence-corrected chi connectivity index (χ4v) is 2.26. The van der Waals surface area contributed by atoms with E-state index in [1.54, 1.807) is 6.20 Å². The van der Waals surface area contributed by atoms with Gasteiger partial charge in [-0.1, -0.05) is 12.1 Å². The maximum Gasteiger partial charge on any atom is 0.190 e. The number of anilines is 1. The molecule has 0 aromatic carbocycles. The molecule has 0 spiro atoms.